The number of methoxy groups -OCH3 is 2. The van der Waals surface area contributed by atoms with Crippen LogP contribution >= 0.6 is 0 Å². The second-order valence-corrected chi connectivity index (χ2v) is 10.2. The second kappa shape index (κ2) is 13.4. The molecule has 8 nitrogen and oxygen atoms in total. The Kier molecular flexibility index (Phi) is 9.76. The Balaban J connectivity index is 1.81. The van der Waals surface area contributed by atoms with Crippen LogP contribution in [-0.2, 0) is 30.7 Å². The first kappa shape index (κ1) is 29.8. The van der Waals surface area contributed by atoms with E-state index < -0.39 is 12.1 Å². The first-order chi connectivity index (χ1) is 19.8. The fourth-order valence-corrected chi connectivity index (χ4v) is 5.39. The van der Waals surface area contributed by atoms with Gasteiger partial charge in [-0.05, 0) is 60.2 Å². The van der Waals surface area contributed by atoms with Crippen LogP contribution in [0.3, 0.4) is 0 Å². The molecule has 0 amide bonds. The van der Waals surface area contributed by atoms with Crippen molar-refractivity contribution in [1.82, 2.24) is 9.13 Å². The lowest BCUT2D eigenvalue weighted by Gasteiger charge is -2.23. The van der Waals surface area contributed by atoms with Gasteiger partial charge in [0.15, 0.2) is 0 Å². The lowest BCUT2D eigenvalue weighted by molar-refractivity contribution is -0.145. The van der Waals surface area contributed by atoms with Crippen molar-refractivity contribution in [2.75, 3.05) is 14.2 Å². The number of para-hydroxylation sites is 2. The van der Waals surface area contributed by atoms with Crippen LogP contribution in [0.4, 0.5) is 0 Å². The average Bonchev–Trinajstić information content (AvgIpc) is 3.23. The summed E-state index contributed by atoms with van der Waals surface area (Å²) in [6.07, 6.45) is 2.73. The highest BCUT2D eigenvalue weighted by molar-refractivity contribution is 5.76. The Bertz CT molecular complexity index is 1520. The van der Waals surface area contributed by atoms with Crippen LogP contribution < -0.4 is 19.9 Å². The Morgan fingerprint density at radius 2 is 1.39 bits per heavy atom. The van der Waals surface area contributed by atoms with Crippen LogP contribution in [-0.4, -0.2) is 34.4 Å². The van der Waals surface area contributed by atoms with Gasteiger partial charge in [0.25, 0.3) is 0 Å². The number of aromatic nitrogens is 2. The Morgan fingerprint density at radius 1 is 0.829 bits per heavy atom. The van der Waals surface area contributed by atoms with Gasteiger partial charge < -0.3 is 19.3 Å². The smallest absolute Gasteiger partial charge is 0.349 e. The van der Waals surface area contributed by atoms with Gasteiger partial charge in [0, 0.05) is 18.2 Å². The van der Waals surface area contributed by atoms with Gasteiger partial charge in [-0.15, -0.1) is 0 Å². The maximum absolute atomic E-state index is 13.5. The van der Waals surface area contributed by atoms with Crippen molar-refractivity contribution in [2.45, 2.75) is 72.1 Å². The standard InChI is InChI=1S/C33H40N2O6/c1-6-11-23-16-22(21-35-29-14-10-9-13-28(29)34(15-8-3)33(35)38)17-24(12-7-2)30(23)41-31(32(36)37)25-18-26(39-4)20-27(19-25)40-5/h9-10,13-14,16-20,31H,6-8,11-12,15,21H2,1-5H3,(H,36,37). The largest absolute Gasteiger partial charge is 0.497 e. The number of carbonyl (C=O) groups is 1. The summed E-state index contributed by atoms with van der Waals surface area (Å²) in [6.45, 7) is 7.31. The van der Waals surface area contributed by atoms with E-state index in [1.54, 1.807) is 18.2 Å². The Morgan fingerprint density at radius 3 is 1.88 bits per heavy atom. The third-order valence-corrected chi connectivity index (χ3v) is 7.19. The van der Waals surface area contributed by atoms with E-state index in [0.29, 0.717) is 48.7 Å². The monoisotopic (exact) mass is 560 g/mol. The van der Waals surface area contributed by atoms with Gasteiger partial charge in [-0.1, -0.05) is 57.9 Å². The van der Waals surface area contributed by atoms with E-state index in [4.69, 9.17) is 14.2 Å². The summed E-state index contributed by atoms with van der Waals surface area (Å²) in [5.41, 5.74) is 5.08. The van der Waals surface area contributed by atoms with Gasteiger partial charge in [-0.25, -0.2) is 9.59 Å². The minimum Gasteiger partial charge on any atom is -0.497 e. The molecular formula is C33H40N2O6. The molecule has 0 spiro atoms. The number of ether oxygens (including phenoxy) is 3. The van der Waals surface area contributed by atoms with Crippen molar-refractivity contribution in [3.05, 3.63) is 87.3 Å². The summed E-state index contributed by atoms with van der Waals surface area (Å²) in [7, 11) is 3.05. The quantitative estimate of drug-likeness (QED) is 0.192. The molecule has 4 rings (SSSR count). The van der Waals surface area contributed by atoms with E-state index in [0.717, 1.165) is 47.0 Å². The molecule has 0 fully saturated rings. The summed E-state index contributed by atoms with van der Waals surface area (Å²) in [4.78, 5) is 26.0. The van der Waals surface area contributed by atoms with Crippen LogP contribution in [0.5, 0.6) is 17.2 Å². The van der Waals surface area contributed by atoms with Crippen molar-refractivity contribution in [3.8, 4) is 17.2 Å². The topological polar surface area (TPSA) is 91.9 Å². The minimum atomic E-state index is -1.26. The van der Waals surface area contributed by atoms with Gasteiger partial charge in [-0.2, -0.15) is 0 Å². The zero-order chi connectivity index (χ0) is 29.5. The number of carboxylic acid groups (broad SMARTS) is 1. The van der Waals surface area contributed by atoms with Crippen molar-refractivity contribution in [2.24, 2.45) is 0 Å². The molecule has 1 N–H and O–H groups in total. The molecule has 0 saturated carbocycles. The van der Waals surface area contributed by atoms with E-state index in [1.807, 2.05) is 33.4 Å². The summed E-state index contributed by atoms with van der Waals surface area (Å²) in [5.74, 6) is 0.455. The van der Waals surface area contributed by atoms with Crippen molar-refractivity contribution < 1.29 is 24.1 Å². The molecule has 0 aliphatic rings. The third-order valence-electron chi connectivity index (χ3n) is 7.19. The normalized spacial score (nSPS) is 11.9. The number of aliphatic carboxylic acids is 1. The molecule has 0 aliphatic heterocycles. The van der Waals surface area contributed by atoms with Crippen LogP contribution in [0.15, 0.2) is 59.4 Å². The molecule has 0 radical (unpaired) electrons. The van der Waals surface area contributed by atoms with Crippen molar-refractivity contribution >= 4 is 17.0 Å². The Hall–Kier alpha value is -4.20. The number of carboxylic acids is 1. The summed E-state index contributed by atoms with van der Waals surface area (Å²) in [5, 5.41) is 10.2. The molecule has 0 bridgehead atoms. The van der Waals surface area contributed by atoms with E-state index in [9.17, 15) is 14.7 Å². The highest BCUT2D eigenvalue weighted by atomic mass is 16.5. The molecule has 8 heteroatoms. The molecular weight excluding hydrogens is 520 g/mol. The summed E-state index contributed by atoms with van der Waals surface area (Å²) < 4.78 is 20.8. The molecule has 218 valence electrons. The lowest BCUT2D eigenvalue weighted by Crippen LogP contribution is -2.25. The van der Waals surface area contributed by atoms with E-state index in [-0.39, 0.29) is 5.69 Å². The van der Waals surface area contributed by atoms with E-state index >= 15 is 0 Å². The molecule has 41 heavy (non-hydrogen) atoms. The number of nitrogens with zero attached hydrogens (tertiary/aromatic N) is 2. The fraction of sp³-hybridized carbons (Fsp3) is 0.394. The molecule has 1 unspecified atom stereocenters. The zero-order valence-electron chi connectivity index (χ0n) is 24.6. The fourth-order valence-electron chi connectivity index (χ4n) is 5.39. The number of aryl methyl sites for hydroxylation is 3. The molecule has 3 aromatic carbocycles. The predicted molar refractivity (Wildman–Crippen MR) is 161 cm³/mol. The van der Waals surface area contributed by atoms with E-state index in [1.165, 1.54) is 14.2 Å². The minimum absolute atomic E-state index is 0.0274. The molecule has 1 heterocycles. The molecule has 1 aromatic heterocycles. The number of imidazole rings is 1. The summed E-state index contributed by atoms with van der Waals surface area (Å²) in [6, 6.07) is 17.0. The molecule has 1 atom stereocenters. The molecule has 0 aliphatic carbocycles. The average molecular weight is 561 g/mol. The molecule has 4 aromatic rings. The maximum atomic E-state index is 13.5. The number of hydrogen-bond donors (Lipinski definition) is 1. The number of hydrogen-bond acceptors (Lipinski definition) is 5. The highest BCUT2D eigenvalue weighted by Gasteiger charge is 2.26. The van der Waals surface area contributed by atoms with Gasteiger partial charge >= 0.3 is 11.7 Å². The van der Waals surface area contributed by atoms with Gasteiger partial charge in [0.05, 0.1) is 31.8 Å². The van der Waals surface area contributed by atoms with Crippen LogP contribution in [0, 0.1) is 0 Å². The number of benzene rings is 3. The van der Waals surface area contributed by atoms with Gasteiger partial charge in [0.2, 0.25) is 6.10 Å². The van der Waals surface area contributed by atoms with Crippen molar-refractivity contribution in [3.63, 3.8) is 0 Å². The Labute approximate surface area is 241 Å². The van der Waals surface area contributed by atoms with Gasteiger partial charge in [-0.3, -0.25) is 9.13 Å². The van der Waals surface area contributed by atoms with Gasteiger partial charge in [0.1, 0.15) is 17.2 Å². The van der Waals surface area contributed by atoms with Crippen LogP contribution in [0.2, 0.25) is 0 Å². The van der Waals surface area contributed by atoms with E-state index in [2.05, 4.69) is 32.9 Å². The molecule has 0 saturated heterocycles. The third kappa shape index (κ3) is 6.42. The van der Waals surface area contributed by atoms with Crippen LogP contribution in [0.25, 0.3) is 11.0 Å². The maximum Gasteiger partial charge on any atom is 0.349 e. The first-order valence-corrected chi connectivity index (χ1v) is 14.3. The lowest BCUT2D eigenvalue weighted by atomic mass is 9.97. The number of fused-ring (bicyclic) bond motifs is 1. The SMILES string of the molecule is CCCc1cc(Cn2c(=O)n(CCC)c3ccccc32)cc(CCC)c1OC(C(=O)O)c1cc(OC)cc(OC)c1. The predicted octanol–water partition coefficient (Wildman–Crippen LogP) is 6.39. The first-order valence-electron chi connectivity index (χ1n) is 14.3. The van der Waals surface area contributed by atoms with Crippen molar-refractivity contribution in [1.29, 1.82) is 0 Å². The second-order valence-electron chi connectivity index (χ2n) is 10.2. The summed E-state index contributed by atoms with van der Waals surface area (Å²) >= 11 is 0. The van der Waals surface area contributed by atoms with Crippen LogP contribution in [0.1, 0.15) is 68.4 Å². The highest BCUT2D eigenvalue weighted by Crippen LogP contribution is 2.35. The zero-order valence-corrected chi connectivity index (χ0v) is 24.6. The number of rotatable bonds is 14.